The second-order valence-electron chi connectivity index (χ2n) is 4.56. The molecule has 0 saturated carbocycles. The van der Waals surface area contributed by atoms with Crippen LogP contribution in [0.2, 0.25) is 0 Å². The normalized spacial score (nSPS) is 12.1. The van der Waals surface area contributed by atoms with Gasteiger partial charge in [-0.05, 0) is 24.1 Å². The first-order valence-electron chi connectivity index (χ1n) is 6.25. The van der Waals surface area contributed by atoms with Crippen LogP contribution < -0.4 is 4.74 Å². The molecule has 1 atom stereocenters. The lowest BCUT2D eigenvalue weighted by Crippen LogP contribution is -2.00. The van der Waals surface area contributed by atoms with Gasteiger partial charge in [0.05, 0.1) is 7.11 Å². The van der Waals surface area contributed by atoms with Crippen LogP contribution in [0.15, 0.2) is 28.7 Å². The molecule has 1 aromatic heterocycles. The molecule has 0 bridgehead atoms. The molecule has 1 N–H and O–H groups in total. The van der Waals surface area contributed by atoms with Crippen molar-refractivity contribution in [3.8, 4) is 5.75 Å². The summed E-state index contributed by atoms with van der Waals surface area (Å²) < 4.78 is 10.4. The van der Waals surface area contributed by atoms with Gasteiger partial charge in [0.15, 0.2) is 0 Å². The van der Waals surface area contributed by atoms with Crippen molar-refractivity contribution in [1.29, 1.82) is 0 Å². The van der Waals surface area contributed by atoms with Crippen LogP contribution in [0.25, 0.3) is 0 Å². The van der Waals surface area contributed by atoms with E-state index in [0.717, 1.165) is 17.7 Å². The molecule has 0 aliphatic heterocycles. The number of carbonyl (C=O) groups is 1. The highest BCUT2D eigenvalue weighted by atomic mass is 16.5. The lowest BCUT2D eigenvalue weighted by Gasteiger charge is -2.07. The zero-order valence-corrected chi connectivity index (χ0v) is 11.4. The third-order valence-electron chi connectivity index (χ3n) is 2.91. The predicted molar refractivity (Wildman–Crippen MR) is 70.8 cm³/mol. The molecule has 0 amide bonds. The van der Waals surface area contributed by atoms with E-state index in [1.807, 2.05) is 31.2 Å². The Hall–Kier alpha value is -2.37. The number of methoxy groups -OCH3 is 1. The van der Waals surface area contributed by atoms with Crippen molar-refractivity contribution in [2.75, 3.05) is 7.11 Å². The minimum atomic E-state index is -0.983. The van der Waals surface area contributed by atoms with Gasteiger partial charge in [-0.2, -0.15) is 0 Å². The van der Waals surface area contributed by atoms with Gasteiger partial charge in [-0.25, -0.2) is 0 Å². The molecular weight excluding hydrogens is 260 g/mol. The Morgan fingerprint density at radius 3 is 2.65 bits per heavy atom. The van der Waals surface area contributed by atoms with Crippen molar-refractivity contribution >= 4 is 5.97 Å². The van der Waals surface area contributed by atoms with E-state index in [0.29, 0.717) is 5.89 Å². The van der Waals surface area contributed by atoms with Crippen LogP contribution in [0.1, 0.15) is 30.2 Å². The number of aliphatic carboxylic acids is 1. The van der Waals surface area contributed by atoms with E-state index in [-0.39, 0.29) is 18.2 Å². The molecule has 0 spiro atoms. The molecule has 6 nitrogen and oxygen atoms in total. The van der Waals surface area contributed by atoms with Gasteiger partial charge in [0, 0.05) is 5.92 Å². The van der Waals surface area contributed by atoms with E-state index in [1.54, 1.807) is 7.11 Å². The standard InChI is InChI=1S/C14H16N2O4/c1-9(7-10-3-5-11(19-2)6-4-10)14-16-15-12(20-14)8-13(17)18/h3-6,9H,7-8H2,1-2H3,(H,17,18)/t9-/m0/s1. The number of benzene rings is 1. The molecule has 0 radical (unpaired) electrons. The number of rotatable bonds is 6. The SMILES string of the molecule is COc1ccc(C[C@H](C)c2nnc(CC(=O)O)o2)cc1. The van der Waals surface area contributed by atoms with E-state index >= 15 is 0 Å². The average Bonchev–Trinajstić information content (AvgIpc) is 2.87. The smallest absolute Gasteiger partial charge is 0.312 e. The Morgan fingerprint density at radius 2 is 2.05 bits per heavy atom. The Morgan fingerprint density at radius 1 is 1.35 bits per heavy atom. The van der Waals surface area contributed by atoms with Crippen LogP contribution >= 0.6 is 0 Å². The number of carboxylic acid groups (broad SMARTS) is 1. The molecule has 0 aliphatic rings. The molecule has 6 heteroatoms. The third kappa shape index (κ3) is 3.57. The minimum Gasteiger partial charge on any atom is -0.497 e. The van der Waals surface area contributed by atoms with Gasteiger partial charge in [-0.15, -0.1) is 10.2 Å². The fraction of sp³-hybridized carbons (Fsp3) is 0.357. The predicted octanol–water partition coefficient (Wildman–Crippen LogP) is 2.05. The van der Waals surface area contributed by atoms with Crippen molar-refractivity contribution in [2.45, 2.75) is 25.7 Å². The minimum absolute atomic E-state index is 0.0263. The third-order valence-corrected chi connectivity index (χ3v) is 2.91. The molecule has 2 rings (SSSR count). The van der Waals surface area contributed by atoms with Gasteiger partial charge in [-0.1, -0.05) is 19.1 Å². The summed E-state index contributed by atoms with van der Waals surface area (Å²) in [6.07, 6.45) is 0.487. The van der Waals surface area contributed by atoms with E-state index in [1.165, 1.54) is 0 Å². The summed E-state index contributed by atoms with van der Waals surface area (Å²) in [6, 6.07) is 7.74. The van der Waals surface area contributed by atoms with Gasteiger partial charge in [-0.3, -0.25) is 4.79 Å². The number of hydrogen-bond acceptors (Lipinski definition) is 5. The zero-order valence-electron chi connectivity index (χ0n) is 11.4. The summed E-state index contributed by atoms with van der Waals surface area (Å²) in [6.45, 7) is 1.96. The molecule has 1 heterocycles. The second-order valence-corrected chi connectivity index (χ2v) is 4.56. The van der Waals surface area contributed by atoms with Crippen LogP contribution in [-0.4, -0.2) is 28.4 Å². The van der Waals surface area contributed by atoms with Crippen LogP contribution in [0.4, 0.5) is 0 Å². The Labute approximate surface area is 116 Å². The summed E-state index contributed by atoms with van der Waals surface area (Å²) in [5.74, 6) is 0.440. The Balaban J connectivity index is 2.01. The van der Waals surface area contributed by atoms with Gasteiger partial charge in [0.25, 0.3) is 0 Å². The summed E-state index contributed by atoms with van der Waals surface area (Å²) in [5.41, 5.74) is 1.12. The second kappa shape index (κ2) is 6.18. The van der Waals surface area contributed by atoms with Crippen LogP contribution in [0, 0.1) is 0 Å². The summed E-state index contributed by atoms with van der Waals surface area (Å²) in [5, 5.41) is 16.3. The molecule has 0 saturated heterocycles. The molecule has 0 aliphatic carbocycles. The number of nitrogens with zero attached hydrogens (tertiary/aromatic N) is 2. The van der Waals surface area contributed by atoms with Gasteiger partial charge in [0.1, 0.15) is 12.2 Å². The molecule has 0 unspecified atom stereocenters. The highest BCUT2D eigenvalue weighted by Crippen LogP contribution is 2.21. The van der Waals surface area contributed by atoms with Crippen LogP contribution in [-0.2, 0) is 17.6 Å². The number of ether oxygens (including phenoxy) is 1. The fourth-order valence-corrected chi connectivity index (χ4v) is 1.87. The first-order chi connectivity index (χ1) is 9.58. The van der Waals surface area contributed by atoms with E-state index in [4.69, 9.17) is 14.3 Å². The van der Waals surface area contributed by atoms with Crippen LogP contribution in [0.3, 0.4) is 0 Å². The lowest BCUT2D eigenvalue weighted by atomic mass is 10.0. The zero-order chi connectivity index (χ0) is 14.5. The highest BCUT2D eigenvalue weighted by molar-refractivity contribution is 5.68. The first-order valence-corrected chi connectivity index (χ1v) is 6.25. The average molecular weight is 276 g/mol. The quantitative estimate of drug-likeness (QED) is 0.869. The molecule has 0 fully saturated rings. The van der Waals surface area contributed by atoms with E-state index in [9.17, 15) is 4.79 Å². The van der Waals surface area contributed by atoms with Gasteiger partial charge in [0.2, 0.25) is 11.8 Å². The maximum absolute atomic E-state index is 10.6. The molecule has 1 aromatic carbocycles. The molecular formula is C14H16N2O4. The van der Waals surface area contributed by atoms with Crippen molar-refractivity contribution in [3.05, 3.63) is 41.6 Å². The molecule has 2 aromatic rings. The summed E-state index contributed by atoms with van der Waals surface area (Å²) in [4.78, 5) is 10.6. The van der Waals surface area contributed by atoms with Gasteiger partial charge >= 0.3 is 5.97 Å². The van der Waals surface area contributed by atoms with Gasteiger partial charge < -0.3 is 14.3 Å². The summed E-state index contributed by atoms with van der Waals surface area (Å²) in [7, 11) is 1.63. The number of aromatic nitrogens is 2. The van der Waals surface area contributed by atoms with Crippen LogP contribution in [0.5, 0.6) is 5.75 Å². The lowest BCUT2D eigenvalue weighted by molar-refractivity contribution is -0.136. The topological polar surface area (TPSA) is 85.5 Å². The Kier molecular flexibility index (Phi) is 4.34. The Bertz CT molecular complexity index is 577. The van der Waals surface area contributed by atoms with Crippen molar-refractivity contribution in [3.63, 3.8) is 0 Å². The van der Waals surface area contributed by atoms with E-state index < -0.39 is 5.97 Å². The maximum Gasteiger partial charge on any atom is 0.312 e. The number of carboxylic acids is 1. The maximum atomic E-state index is 10.6. The monoisotopic (exact) mass is 276 g/mol. The largest absolute Gasteiger partial charge is 0.497 e. The highest BCUT2D eigenvalue weighted by Gasteiger charge is 2.16. The van der Waals surface area contributed by atoms with Crippen molar-refractivity contribution in [2.24, 2.45) is 0 Å². The fourth-order valence-electron chi connectivity index (χ4n) is 1.87. The molecule has 106 valence electrons. The first kappa shape index (κ1) is 14.0. The van der Waals surface area contributed by atoms with Crippen molar-refractivity contribution in [1.82, 2.24) is 10.2 Å². The number of hydrogen-bond donors (Lipinski definition) is 1. The van der Waals surface area contributed by atoms with E-state index in [2.05, 4.69) is 10.2 Å². The summed E-state index contributed by atoms with van der Waals surface area (Å²) >= 11 is 0. The molecule has 20 heavy (non-hydrogen) atoms. The van der Waals surface area contributed by atoms with Crippen molar-refractivity contribution < 1.29 is 19.1 Å².